The molecule has 0 spiro atoms. The Balaban J connectivity index is 1.58. The molecule has 0 aliphatic carbocycles. The van der Waals surface area contributed by atoms with Crippen LogP contribution in [0.1, 0.15) is 35.2 Å². The van der Waals surface area contributed by atoms with Gasteiger partial charge in [0.15, 0.2) is 0 Å². The fraction of sp³-hybridized carbons (Fsp3) is 0.241. The minimum absolute atomic E-state index is 0.0581. The first kappa shape index (κ1) is 22.7. The van der Waals surface area contributed by atoms with Crippen LogP contribution in [0.25, 0.3) is 5.76 Å². The van der Waals surface area contributed by atoms with Crippen molar-refractivity contribution in [2.45, 2.75) is 31.9 Å². The fourth-order valence-electron chi connectivity index (χ4n) is 4.89. The van der Waals surface area contributed by atoms with Crippen LogP contribution < -0.4 is 9.47 Å². The molecular formula is C29H27NO5. The van der Waals surface area contributed by atoms with Crippen molar-refractivity contribution in [1.82, 2.24) is 4.90 Å². The summed E-state index contributed by atoms with van der Waals surface area (Å²) in [6.07, 6.45) is 1.37. The first-order chi connectivity index (χ1) is 17.0. The van der Waals surface area contributed by atoms with Gasteiger partial charge in [0.2, 0.25) is 0 Å². The Bertz CT molecular complexity index is 1310. The third-order valence-electron chi connectivity index (χ3n) is 6.60. The van der Waals surface area contributed by atoms with Gasteiger partial charge in [-0.05, 0) is 60.4 Å². The van der Waals surface area contributed by atoms with Crippen molar-refractivity contribution >= 4 is 17.4 Å². The van der Waals surface area contributed by atoms with Crippen molar-refractivity contribution in [3.05, 3.63) is 101 Å². The predicted octanol–water partition coefficient (Wildman–Crippen LogP) is 4.68. The molecule has 6 nitrogen and oxygen atoms in total. The lowest BCUT2D eigenvalue weighted by atomic mass is 9.94. The van der Waals surface area contributed by atoms with E-state index in [9.17, 15) is 14.7 Å². The maximum atomic E-state index is 13.3. The highest BCUT2D eigenvalue weighted by molar-refractivity contribution is 6.46. The maximum absolute atomic E-state index is 13.3. The average molecular weight is 470 g/mol. The summed E-state index contributed by atoms with van der Waals surface area (Å²) in [5.74, 6) is -0.0934. The molecule has 3 aromatic carbocycles. The van der Waals surface area contributed by atoms with Gasteiger partial charge >= 0.3 is 0 Å². The second-order valence-corrected chi connectivity index (χ2v) is 8.96. The molecular weight excluding hydrogens is 442 g/mol. The van der Waals surface area contributed by atoms with E-state index >= 15 is 0 Å². The Morgan fingerprint density at radius 2 is 1.86 bits per heavy atom. The van der Waals surface area contributed by atoms with Gasteiger partial charge in [0.25, 0.3) is 11.7 Å². The van der Waals surface area contributed by atoms with Crippen LogP contribution >= 0.6 is 0 Å². The highest BCUT2D eigenvalue weighted by atomic mass is 16.5. The van der Waals surface area contributed by atoms with Crippen molar-refractivity contribution in [2.24, 2.45) is 0 Å². The summed E-state index contributed by atoms with van der Waals surface area (Å²) in [5.41, 5.74) is 3.32. The van der Waals surface area contributed by atoms with E-state index in [0.29, 0.717) is 29.8 Å². The molecule has 5 rings (SSSR count). The molecule has 2 atom stereocenters. The molecule has 2 aliphatic heterocycles. The number of amides is 1. The molecule has 0 radical (unpaired) electrons. The molecule has 178 valence electrons. The Labute approximate surface area is 204 Å². The summed E-state index contributed by atoms with van der Waals surface area (Å²) in [6, 6.07) is 21.7. The number of methoxy groups -OCH3 is 1. The summed E-state index contributed by atoms with van der Waals surface area (Å²) in [5, 5.41) is 11.4. The van der Waals surface area contributed by atoms with Crippen molar-refractivity contribution in [3.8, 4) is 11.5 Å². The molecule has 0 bridgehead atoms. The molecule has 3 aromatic rings. The normalized spacial score (nSPS) is 20.6. The summed E-state index contributed by atoms with van der Waals surface area (Å²) in [7, 11) is 1.57. The summed E-state index contributed by atoms with van der Waals surface area (Å²) in [6.45, 7) is 2.32. The van der Waals surface area contributed by atoms with E-state index < -0.39 is 17.7 Å². The molecule has 6 heteroatoms. The molecule has 0 saturated carbocycles. The second kappa shape index (κ2) is 9.29. The minimum Gasteiger partial charge on any atom is -0.507 e. The molecule has 2 heterocycles. The number of ketones is 1. The van der Waals surface area contributed by atoms with Gasteiger partial charge in [-0.15, -0.1) is 0 Å². The van der Waals surface area contributed by atoms with Gasteiger partial charge in [0, 0.05) is 18.5 Å². The van der Waals surface area contributed by atoms with Gasteiger partial charge in [-0.2, -0.15) is 0 Å². The zero-order valence-electron chi connectivity index (χ0n) is 19.7. The van der Waals surface area contributed by atoms with E-state index in [4.69, 9.17) is 9.47 Å². The van der Waals surface area contributed by atoms with Crippen LogP contribution in [0, 0.1) is 0 Å². The number of carbonyl (C=O) groups excluding carboxylic acids is 2. The standard InChI is InChI=1S/C29H27NO5/c1-18-15-22-16-21(11-12-24(22)35-18)27(31)25-26(20-9-6-10-23(17-20)34-2)30(29(33)28(25)32)14-13-19-7-4-3-5-8-19/h3-12,16-18,26,31H,13-15H2,1-2H3/t18-,26-/m0/s1. The van der Waals surface area contributed by atoms with Crippen LogP contribution in [0.2, 0.25) is 0 Å². The van der Waals surface area contributed by atoms with Crippen molar-refractivity contribution in [1.29, 1.82) is 0 Å². The van der Waals surface area contributed by atoms with E-state index in [1.54, 1.807) is 36.3 Å². The number of hydrogen-bond acceptors (Lipinski definition) is 5. The Morgan fingerprint density at radius 1 is 1.06 bits per heavy atom. The first-order valence-electron chi connectivity index (χ1n) is 11.7. The number of aliphatic hydroxyl groups is 1. The topological polar surface area (TPSA) is 76.1 Å². The van der Waals surface area contributed by atoms with Gasteiger partial charge in [0.1, 0.15) is 23.4 Å². The second-order valence-electron chi connectivity index (χ2n) is 8.96. The SMILES string of the molecule is COc1cccc([C@H]2C(=C(O)c3ccc4c(c3)C[C@H](C)O4)C(=O)C(=O)N2CCc2ccccc2)c1. The summed E-state index contributed by atoms with van der Waals surface area (Å²) < 4.78 is 11.2. The lowest BCUT2D eigenvalue weighted by molar-refractivity contribution is -0.139. The molecule has 0 aromatic heterocycles. The minimum atomic E-state index is -0.725. The van der Waals surface area contributed by atoms with E-state index in [1.165, 1.54) is 0 Å². The number of likely N-dealkylation sites (tertiary alicyclic amines) is 1. The van der Waals surface area contributed by atoms with Gasteiger partial charge in [-0.3, -0.25) is 9.59 Å². The Kier molecular flexibility index (Phi) is 6.03. The molecule has 0 unspecified atom stereocenters. The zero-order valence-corrected chi connectivity index (χ0v) is 19.7. The number of nitrogens with zero attached hydrogens (tertiary/aromatic N) is 1. The summed E-state index contributed by atoms with van der Waals surface area (Å²) >= 11 is 0. The van der Waals surface area contributed by atoms with Crippen molar-refractivity contribution in [2.75, 3.05) is 13.7 Å². The van der Waals surface area contributed by atoms with Crippen molar-refractivity contribution in [3.63, 3.8) is 0 Å². The maximum Gasteiger partial charge on any atom is 0.295 e. The lowest BCUT2D eigenvalue weighted by Gasteiger charge is -2.25. The average Bonchev–Trinajstić information content (AvgIpc) is 3.38. The van der Waals surface area contributed by atoms with Gasteiger partial charge in [-0.25, -0.2) is 0 Å². The molecule has 2 aliphatic rings. The van der Waals surface area contributed by atoms with Crippen LogP contribution in [0.15, 0.2) is 78.4 Å². The molecule has 1 fully saturated rings. The highest BCUT2D eigenvalue weighted by Gasteiger charge is 2.46. The van der Waals surface area contributed by atoms with E-state index in [2.05, 4.69) is 0 Å². The highest BCUT2D eigenvalue weighted by Crippen LogP contribution is 2.41. The third kappa shape index (κ3) is 4.28. The molecule has 35 heavy (non-hydrogen) atoms. The van der Waals surface area contributed by atoms with Crippen molar-refractivity contribution < 1.29 is 24.2 Å². The van der Waals surface area contributed by atoms with Crippen LogP contribution in [0.3, 0.4) is 0 Å². The molecule has 1 N–H and O–H groups in total. The van der Waals surface area contributed by atoms with E-state index in [0.717, 1.165) is 23.3 Å². The summed E-state index contributed by atoms with van der Waals surface area (Å²) in [4.78, 5) is 28.1. The Hall–Kier alpha value is -4.06. The smallest absolute Gasteiger partial charge is 0.295 e. The van der Waals surface area contributed by atoms with Gasteiger partial charge < -0.3 is 19.5 Å². The Morgan fingerprint density at radius 3 is 2.63 bits per heavy atom. The zero-order chi connectivity index (χ0) is 24.5. The number of ether oxygens (including phenoxy) is 2. The van der Waals surface area contributed by atoms with Crippen LogP contribution in [-0.2, 0) is 22.4 Å². The number of fused-ring (bicyclic) bond motifs is 1. The number of aliphatic hydroxyl groups excluding tert-OH is 1. The number of benzene rings is 3. The van der Waals surface area contributed by atoms with Gasteiger partial charge in [0.05, 0.1) is 18.7 Å². The van der Waals surface area contributed by atoms with Crippen LogP contribution in [-0.4, -0.2) is 41.5 Å². The molecule has 1 saturated heterocycles. The number of hydrogen-bond donors (Lipinski definition) is 1. The largest absolute Gasteiger partial charge is 0.507 e. The third-order valence-corrected chi connectivity index (χ3v) is 6.60. The number of rotatable bonds is 6. The number of Topliss-reactive ketones (excluding diaryl/α,β-unsaturated/α-hetero) is 1. The fourth-order valence-corrected chi connectivity index (χ4v) is 4.89. The quantitative estimate of drug-likeness (QED) is 0.322. The van der Waals surface area contributed by atoms with E-state index in [-0.39, 0.29) is 17.4 Å². The lowest BCUT2D eigenvalue weighted by Crippen LogP contribution is -2.31. The predicted molar refractivity (Wildman–Crippen MR) is 132 cm³/mol. The number of carbonyl (C=O) groups is 2. The van der Waals surface area contributed by atoms with Gasteiger partial charge in [-0.1, -0.05) is 42.5 Å². The van der Waals surface area contributed by atoms with Crippen LogP contribution in [0.4, 0.5) is 0 Å². The first-order valence-corrected chi connectivity index (χ1v) is 11.7. The molecule has 1 amide bonds. The van der Waals surface area contributed by atoms with Crippen LogP contribution in [0.5, 0.6) is 11.5 Å². The van der Waals surface area contributed by atoms with E-state index in [1.807, 2.05) is 55.5 Å². The monoisotopic (exact) mass is 469 g/mol.